The molecule has 20 heavy (non-hydrogen) atoms. The lowest BCUT2D eigenvalue weighted by Crippen LogP contribution is -2.16. The molecule has 2 aromatic rings. The summed E-state index contributed by atoms with van der Waals surface area (Å²) in [5.41, 5.74) is 13.8. The maximum absolute atomic E-state index is 5.86. The molecule has 0 aliphatic heterocycles. The first-order chi connectivity index (χ1) is 9.65. The fourth-order valence-corrected chi connectivity index (χ4v) is 3.10. The van der Waals surface area contributed by atoms with Crippen LogP contribution >= 0.6 is 0 Å². The molecule has 1 atom stereocenters. The van der Waals surface area contributed by atoms with Gasteiger partial charge in [0.2, 0.25) is 0 Å². The number of nitrogens with zero attached hydrogens (tertiary/aromatic N) is 4. The first-order valence-electron chi connectivity index (χ1n) is 7.09. The normalized spacial score (nSPS) is 17.4. The van der Waals surface area contributed by atoms with Gasteiger partial charge in [-0.2, -0.15) is 0 Å². The monoisotopic (exact) mass is 272 g/mol. The van der Waals surface area contributed by atoms with Crippen molar-refractivity contribution in [2.75, 3.05) is 11.5 Å². The van der Waals surface area contributed by atoms with Crippen molar-refractivity contribution in [2.45, 2.75) is 38.6 Å². The summed E-state index contributed by atoms with van der Waals surface area (Å²) in [4.78, 5) is 0. The zero-order chi connectivity index (χ0) is 14.1. The molecule has 4 N–H and O–H groups in total. The molecule has 106 valence electrons. The molecule has 1 aliphatic rings. The molecule has 0 spiro atoms. The number of tetrazole rings is 1. The second-order valence-electron chi connectivity index (χ2n) is 5.62. The SMILES string of the molecule is CC(C1CCCC1)n1nnnc1-c1cc(N)cc(N)c1. The van der Waals surface area contributed by atoms with Crippen LogP contribution in [0.4, 0.5) is 11.4 Å². The maximum atomic E-state index is 5.86. The molecule has 0 amide bonds. The van der Waals surface area contributed by atoms with Crippen LogP contribution in [0, 0.1) is 5.92 Å². The molecule has 0 radical (unpaired) electrons. The first kappa shape index (κ1) is 12.9. The molecule has 1 heterocycles. The molecule has 1 aliphatic carbocycles. The third kappa shape index (κ3) is 2.33. The lowest BCUT2D eigenvalue weighted by atomic mass is 9.99. The average Bonchev–Trinajstić information content (AvgIpc) is 3.08. The summed E-state index contributed by atoms with van der Waals surface area (Å²) in [6.45, 7) is 2.19. The number of hydrogen-bond acceptors (Lipinski definition) is 5. The fraction of sp³-hybridized carbons (Fsp3) is 0.500. The predicted octanol–water partition coefficient (Wildman–Crippen LogP) is 2.26. The number of nitrogens with two attached hydrogens (primary N) is 2. The van der Waals surface area contributed by atoms with Gasteiger partial charge in [-0.25, -0.2) is 4.68 Å². The summed E-state index contributed by atoms with van der Waals surface area (Å²) in [5, 5.41) is 12.2. The van der Waals surface area contributed by atoms with Gasteiger partial charge in [0.25, 0.3) is 0 Å². The Morgan fingerprint density at radius 3 is 2.45 bits per heavy atom. The van der Waals surface area contributed by atoms with Gasteiger partial charge in [0.1, 0.15) is 0 Å². The second-order valence-corrected chi connectivity index (χ2v) is 5.62. The van der Waals surface area contributed by atoms with Crippen LogP contribution in [0.5, 0.6) is 0 Å². The second kappa shape index (κ2) is 5.11. The van der Waals surface area contributed by atoms with Crippen molar-refractivity contribution in [3.63, 3.8) is 0 Å². The van der Waals surface area contributed by atoms with Gasteiger partial charge in [0.15, 0.2) is 5.82 Å². The van der Waals surface area contributed by atoms with E-state index in [1.807, 2.05) is 16.8 Å². The number of anilines is 2. The predicted molar refractivity (Wildman–Crippen MR) is 78.7 cm³/mol. The van der Waals surface area contributed by atoms with Crippen LogP contribution in [0.25, 0.3) is 11.4 Å². The Morgan fingerprint density at radius 1 is 1.15 bits per heavy atom. The Balaban J connectivity index is 1.96. The Hall–Kier alpha value is -2.11. The van der Waals surface area contributed by atoms with Crippen LogP contribution in [0.2, 0.25) is 0 Å². The topological polar surface area (TPSA) is 95.6 Å². The lowest BCUT2D eigenvalue weighted by Gasteiger charge is -2.20. The minimum Gasteiger partial charge on any atom is -0.399 e. The van der Waals surface area contributed by atoms with Gasteiger partial charge in [-0.1, -0.05) is 12.8 Å². The zero-order valence-corrected chi connectivity index (χ0v) is 11.7. The highest BCUT2D eigenvalue weighted by Gasteiger charge is 2.26. The molecule has 1 aromatic heterocycles. The summed E-state index contributed by atoms with van der Waals surface area (Å²) in [6.07, 6.45) is 5.11. The van der Waals surface area contributed by atoms with Crippen molar-refractivity contribution in [1.82, 2.24) is 20.2 Å². The van der Waals surface area contributed by atoms with Crippen LogP contribution in [0.1, 0.15) is 38.6 Å². The summed E-state index contributed by atoms with van der Waals surface area (Å²) in [7, 11) is 0. The highest BCUT2D eigenvalue weighted by Crippen LogP contribution is 2.35. The van der Waals surface area contributed by atoms with Crippen molar-refractivity contribution in [1.29, 1.82) is 0 Å². The van der Waals surface area contributed by atoms with Gasteiger partial charge in [-0.05, 0) is 54.3 Å². The number of aromatic nitrogens is 4. The number of rotatable bonds is 3. The van der Waals surface area contributed by atoms with E-state index < -0.39 is 0 Å². The average molecular weight is 272 g/mol. The Kier molecular flexibility index (Phi) is 3.30. The van der Waals surface area contributed by atoms with Crippen molar-refractivity contribution >= 4 is 11.4 Å². The van der Waals surface area contributed by atoms with Gasteiger partial charge in [-0.3, -0.25) is 0 Å². The van der Waals surface area contributed by atoms with Crippen LogP contribution < -0.4 is 11.5 Å². The number of hydrogen-bond donors (Lipinski definition) is 2. The van der Waals surface area contributed by atoms with Crippen LogP contribution in [0.3, 0.4) is 0 Å². The quantitative estimate of drug-likeness (QED) is 0.835. The van der Waals surface area contributed by atoms with E-state index >= 15 is 0 Å². The molecular formula is C14H20N6. The molecular weight excluding hydrogens is 252 g/mol. The maximum Gasteiger partial charge on any atom is 0.182 e. The van der Waals surface area contributed by atoms with Crippen LogP contribution in [-0.2, 0) is 0 Å². The molecule has 1 saturated carbocycles. The third-order valence-corrected chi connectivity index (χ3v) is 4.20. The molecule has 3 rings (SSSR count). The van der Waals surface area contributed by atoms with E-state index in [1.54, 1.807) is 6.07 Å². The minimum atomic E-state index is 0.296. The third-order valence-electron chi connectivity index (χ3n) is 4.20. The number of benzene rings is 1. The Labute approximate surface area is 118 Å². The largest absolute Gasteiger partial charge is 0.399 e. The van der Waals surface area contributed by atoms with E-state index in [0.717, 1.165) is 11.4 Å². The van der Waals surface area contributed by atoms with E-state index in [0.29, 0.717) is 23.3 Å². The Morgan fingerprint density at radius 2 is 1.80 bits per heavy atom. The fourth-order valence-electron chi connectivity index (χ4n) is 3.10. The lowest BCUT2D eigenvalue weighted by molar-refractivity contribution is 0.332. The summed E-state index contributed by atoms with van der Waals surface area (Å²) in [5.74, 6) is 1.39. The standard InChI is InChI=1S/C14H20N6/c1-9(10-4-2-3-5-10)20-14(17-18-19-20)11-6-12(15)8-13(16)7-11/h6-10H,2-5,15-16H2,1H3. The van der Waals surface area contributed by atoms with Crippen molar-refractivity contribution in [3.8, 4) is 11.4 Å². The van der Waals surface area contributed by atoms with Gasteiger partial charge >= 0.3 is 0 Å². The molecule has 1 fully saturated rings. The van der Waals surface area contributed by atoms with E-state index in [9.17, 15) is 0 Å². The van der Waals surface area contributed by atoms with Crippen molar-refractivity contribution in [3.05, 3.63) is 18.2 Å². The summed E-state index contributed by atoms with van der Waals surface area (Å²) < 4.78 is 1.91. The van der Waals surface area contributed by atoms with Crippen LogP contribution in [-0.4, -0.2) is 20.2 Å². The first-order valence-corrected chi connectivity index (χ1v) is 7.09. The highest BCUT2D eigenvalue weighted by molar-refractivity contribution is 5.67. The van der Waals surface area contributed by atoms with E-state index in [-0.39, 0.29) is 0 Å². The highest BCUT2D eigenvalue weighted by atomic mass is 15.5. The molecule has 6 nitrogen and oxygen atoms in total. The van der Waals surface area contributed by atoms with E-state index in [4.69, 9.17) is 11.5 Å². The van der Waals surface area contributed by atoms with E-state index in [1.165, 1.54) is 25.7 Å². The van der Waals surface area contributed by atoms with Gasteiger partial charge < -0.3 is 11.5 Å². The van der Waals surface area contributed by atoms with Crippen LogP contribution in [0.15, 0.2) is 18.2 Å². The molecule has 0 bridgehead atoms. The molecule has 6 heteroatoms. The van der Waals surface area contributed by atoms with Crippen molar-refractivity contribution in [2.24, 2.45) is 5.92 Å². The van der Waals surface area contributed by atoms with Gasteiger partial charge in [0.05, 0.1) is 6.04 Å². The van der Waals surface area contributed by atoms with E-state index in [2.05, 4.69) is 22.4 Å². The molecule has 1 unspecified atom stereocenters. The smallest absolute Gasteiger partial charge is 0.182 e. The summed E-state index contributed by atoms with van der Waals surface area (Å²) in [6, 6.07) is 5.75. The van der Waals surface area contributed by atoms with Crippen molar-refractivity contribution < 1.29 is 0 Å². The van der Waals surface area contributed by atoms with Gasteiger partial charge in [0, 0.05) is 16.9 Å². The number of nitrogen functional groups attached to an aromatic ring is 2. The molecule has 0 saturated heterocycles. The minimum absolute atomic E-state index is 0.296. The van der Waals surface area contributed by atoms with Gasteiger partial charge in [-0.15, -0.1) is 5.10 Å². The zero-order valence-electron chi connectivity index (χ0n) is 11.7. The Bertz CT molecular complexity index is 579. The summed E-state index contributed by atoms with van der Waals surface area (Å²) >= 11 is 0. The molecule has 1 aromatic carbocycles.